The first kappa shape index (κ1) is 7.55. The zero-order valence-electron chi connectivity index (χ0n) is 6.58. The van der Waals surface area contributed by atoms with Crippen molar-refractivity contribution in [1.29, 1.82) is 0 Å². The molecular weight excluding hydrogens is 174 g/mol. The quantitative estimate of drug-likeness (QED) is 0.686. The Morgan fingerprint density at radius 1 is 1.58 bits per heavy atom. The van der Waals surface area contributed by atoms with Crippen molar-refractivity contribution in [3.63, 3.8) is 0 Å². The molecule has 0 saturated heterocycles. The Labute approximate surface area is 74.8 Å². The number of hydrogen-bond acceptors (Lipinski definition) is 2. The number of aromatic nitrogens is 3. The van der Waals surface area contributed by atoms with Crippen LogP contribution in [0.1, 0.15) is 18.1 Å². The van der Waals surface area contributed by atoms with Gasteiger partial charge in [-0.1, -0.05) is 0 Å². The minimum absolute atomic E-state index is 0.0857. The Kier molecular flexibility index (Phi) is 1.73. The number of nitrogens with zero attached hydrogens (tertiary/aromatic N) is 2. The molecule has 2 rings (SSSR count). The van der Waals surface area contributed by atoms with Gasteiger partial charge in [0.15, 0.2) is 0 Å². The summed E-state index contributed by atoms with van der Waals surface area (Å²) in [5, 5.41) is -0.0857. The number of pyridine rings is 1. The summed E-state index contributed by atoms with van der Waals surface area (Å²) in [4.78, 5) is 11.3. The van der Waals surface area contributed by atoms with Crippen molar-refractivity contribution in [2.24, 2.45) is 0 Å². The Bertz CT molecular complexity index is 361. The lowest BCUT2D eigenvalue weighted by Gasteiger charge is -1.93. The third kappa shape index (κ3) is 1.16. The van der Waals surface area contributed by atoms with E-state index in [0.717, 1.165) is 16.9 Å². The van der Waals surface area contributed by atoms with Gasteiger partial charge in [0.25, 0.3) is 0 Å². The molecule has 0 aliphatic heterocycles. The molecular formula is C8H8ClN3. The number of H-pyrrole nitrogens is 1. The number of imidazole rings is 1. The van der Waals surface area contributed by atoms with Crippen LogP contribution in [0.5, 0.6) is 0 Å². The lowest BCUT2D eigenvalue weighted by atomic mass is 10.4. The number of alkyl halides is 1. The highest BCUT2D eigenvalue weighted by atomic mass is 35.5. The SMILES string of the molecule is CC(Cl)c1nc2ccncc2[nH]1. The molecule has 4 heteroatoms. The highest BCUT2D eigenvalue weighted by Gasteiger charge is 2.06. The summed E-state index contributed by atoms with van der Waals surface area (Å²) in [5.74, 6) is 0.791. The fourth-order valence-electron chi connectivity index (χ4n) is 1.07. The Hall–Kier alpha value is -1.09. The molecule has 1 atom stereocenters. The number of aromatic amines is 1. The predicted molar refractivity (Wildman–Crippen MR) is 48.2 cm³/mol. The van der Waals surface area contributed by atoms with Gasteiger partial charge in [0, 0.05) is 6.20 Å². The molecule has 0 fully saturated rings. The van der Waals surface area contributed by atoms with Gasteiger partial charge in [-0.05, 0) is 13.0 Å². The van der Waals surface area contributed by atoms with E-state index < -0.39 is 0 Å². The van der Waals surface area contributed by atoms with Crippen molar-refractivity contribution in [2.75, 3.05) is 0 Å². The second kappa shape index (κ2) is 2.75. The number of rotatable bonds is 1. The van der Waals surface area contributed by atoms with Crippen molar-refractivity contribution in [3.05, 3.63) is 24.3 Å². The van der Waals surface area contributed by atoms with Crippen molar-refractivity contribution in [3.8, 4) is 0 Å². The molecule has 1 N–H and O–H groups in total. The second-order valence-electron chi connectivity index (χ2n) is 2.63. The van der Waals surface area contributed by atoms with E-state index in [1.165, 1.54) is 0 Å². The zero-order valence-corrected chi connectivity index (χ0v) is 7.34. The van der Waals surface area contributed by atoms with Gasteiger partial charge in [-0.3, -0.25) is 4.98 Å². The molecule has 0 saturated carbocycles. The molecule has 3 nitrogen and oxygen atoms in total. The topological polar surface area (TPSA) is 41.6 Å². The summed E-state index contributed by atoms with van der Waals surface area (Å²) in [5.41, 5.74) is 1.84. The maximum absolute atomic E-state index is 5.86. The smallest absolute Gasteiger partial charge is 0.125 e. The Morgan fingerprint density at radius 3 is 3.08 bits per heavy atom. The summed E-state index contributed by atoms with van der Waals surface area (Å²) in [6, 6.07) is 1.86. The number of nitrogens with one attached hydrogen (secondary N) is 1. The predicted octanol–water partition coefficient (Wildman–Crippen LogP) is 2.26. The van der Waals surface area contributed by atoms with Gasteiger partial charge in [0.05, 0.1) is 22.6 Å². The lowest BCUT2D eigenvalue weighted by molar-refractivity contribution is 0.962. The highest BCUT2D eigenvalue weighted by Crippen LogP contribution is 2.18. The molecule has 2 heterocycles. The van der Waals surface area contributed by atoms with Gasteiger partial charge < -0.3 is 4.98 Å². The van der Waals surface area contributed by atoms with Gasteiger partial charge >= 0.3 is 0 Å². The molecule has 0 aliphatic carbocycles. The monoisotopic (exact) mass is 181 g/mol. The third-order valence-electron chi connectivity index (χ3n) is 1.68. The molecule has 0 bridgehead atoms. The average Bonchev–Trinajstić information content (AvgIpc) is 2.46. The van der Waals surface area contributed by atoms with Crippen LogP contribution in [-0.2, 0) is 0 Å². The standard InChI is InChI=1S/C8H8ClN3/c1-5(9)8-11-6-2-3-10-4-7(6)12-8/h2-5H,1H3,(H,11,12). The summed E-state index contributed by atoms with van der Waals surface area (Å²) in [7, 11) is 0. The van der Waals surface area contributed by atoms with E-state index >= 15 is 0 Å². The Morgan fingerprint density at radius 2 is 2.42 bits per heavy atom. The summed E-state index contributed by atoms with van der Waals surface area (Å²) < 4.78 is 0. The molecule has 12 heavy (non-hydrogen) atoms. The molecule has 2 aromatic rings. The number of halogens is 1. The minimum atomic E-state index is -0.0857. The van der Waals surface area contributed by atoms with E-state index in [-0.39, 0.29) is 5.38 Å². The van der Waals surface area contributed by atoms with Crippen molar-refractivity contribution < 1.29 is 0 Å². The van der Waals surface area contributed by atoms with E-state index in [1.807, 2.05) is 13.0 Å². The largest absolute Gasteiger partial charge is 0.339 e. The van der Waals surface area contributed by atoms with Crippen LogP contribution in [0.2, 0.25) is 0 Å². The first-order chi connectivity index (χ1) is 5.77. The average molecular weight is 182 g/mol. The molecule has 0 spiro atoms. The fourth-order valence-corrected chi connectivity index (χ4v) is 1.17. The van der Waals surface area contributed by atoms with E-state index in [1.54, 1.807) is 12.4 Å². The second-order valence-corrected chi connectivity index (χ2v) is 3.29. The molecule has 62 valence electrons. The molecule has 1 unspecified atom stereocenters. The molecule has 0 aliphatic rings. The van der Waals surface area contributed by atoms with Crippen molar-refractivity contribution in [1.82, 2.24) is 15.0 Å². The van der Waals surface area contributed by atoms with Crippen LogP contribution in [0.4, 0.5) is 0 Å². The van der Waals surface area contributed by atoms with Gasteiger partial charge in [0.1, 0.15) is 5.82 Å². The van der Waals surface area contributed by atoms with E-state index in [4.69, 9.17) is 11.6 Å². The first-order valence-corrected chi connectivity index (χ1v) is 4.14. The third-order valence-corrected chi connectivity index (χ3v) is 1.89. The van der Waals surface area contributed by atoms with Gasteiger partial charge in [-0.2, -0.15) is 0 Å². The van der Waals surface area contributed by atoms with Crippen molar-refractivity contribution in [2.45, 2.75) is 12.3 Å². The van der Waals surface area contributed by atoms with Gasteiger partial charge in [-0.25, -0.2) is 4.98 Å². The summed E-state index contributed by atoms with van der Waals surface area (Å²) >= 11 is 5.86. The van der Waals surface area contributed by atoms with Gasteiger partial charge in [0.2, 0.25) is 0 Å². The fraction of sp³-hybridized carbons (Fsp3) is 0.250. The lowest BCUT2D eigenvalue weighted by Crippen LogP contribution is -1.85. The zero-order chi connectivity index (χ0) is 8.55. The van der Waals surface area contributed by atoms with Crippen LogP contribution in [0.25, 0.3) is 11.0 Å². The molecule has 2 aromatic heterocycles. The van der Waals surface area contributed by atoms with Crippen LogP contribution in [0.3, 0.4) is 0 Å². The van der Waals surface area contributed by atoms with Crippen LogP contribution in [0.15, 0.2) is 18.5 Å². The normalized spacial score (nSPS) is 13.5. The summed E-state index contributed by atoms with van der Waals surface area (Å²) in [6.07, 6.45) is 3.46. The summed E-state index contributed by atoms with van der Waals surface area (Å²) in [6.45, 7) is 1.88. The molecule has 0 radical (unpaired) electrons. The minimum Gasteiger partial charge on any atom is -0.339 e. The number of fused-ring (bicyclic) bond motifs is 1. The molecule has 0 aromatic carbocycles. The highest BCUT2D eigenvalue weighted by molar-refractivity contribution is 6.20. The van der Waals surface area contributed by atoms with E-state index in [2.05, 4.69) is 15.0 Å². The van der Waals surface area contributed by atoms with Crippen LogP contribution < -0.4 is 0 Å². The maximum Gasteiger partial charge on any atom is 0.125 e. The van der Waals surface area contributed by atoms with Crippen LogP contribution in [-0.4, -0.2) is 15.0 Å². The first-order valence-electron chi connectivity index (χ1n) is 3.71. The van der Waals surface area contributed by atoms with Gasteiger partial charge in [-0.15, -0.1) is 11.6 Å². The van der Waals surface area contributed by atoms with E-state index in [9.17, 15) is 0 Å². The van der Waals surface area contributed by atoms with Crippen molar-refractivity contribution >= 4 is 22.6 Å². The maximum atomic E-state index is 5.86. The van der Waals surface area contributed by atoms with Crippen LogP contribution in [0, 0.1) is 0 Å². The molecule has 0 amide bonds. The van der Waals surface area contributed by atoms with Crippen LogP contribution >= 0.6 is 11.6 Å². The number of hydrogen-bond donors (Lipinski definition) is 1. The Balaban J connectivity index is 2.62. The van der Waals surface area contributed by atoms with E-state index in [0.29, 0.717) is 0 Å².